The van der Waals surface area contributed by atoms with Gasteiger partial charge in [-0.2, -0.15) is 0 Å². The van der Waals surface area contributed by atoms with Gasteiger partial charge in [0.25, 0.3) is 0 Å². The maximum Gasteiger partial charge on any atom is 0.327 e. The number of aliphatic carboxylic acids is 1. The van der Waals surface area contributed by atoms with Crippen molar-refractivity contribution in [2.45, 2.75) is 62.9 Å². The van der Waals surface area contributed by atoms with Gasteiger partial charge in [-0.1, -0.05) is 26.2 Å². The van der Waals surface area contributed by atoms with Crippen molar-refractivity contribution in [2.24, 2.45) is 0 Å². The van der Waals surface area contributed by atoms with Crippen LogP contribution in [0.2, 0.25) is 0 Å². The summed E-state index contributed by atoms with van der Waals surface area (Å²) in [6, 6.07) is -0.638. The van der Waals surface area contributed by atoms with Crippen LogP contribution >= 0.6 is 11.8 Å². The minimum absolute atomic E-state index is 0.00695. The van der Waals surface area contributed by atoms with Gasteiger partial charge in [0.05, 0.1) is 5.37 Å². The number of carbonyl (C=O) groups is 2. The third-order valence-electron chi connectivity index (χ3n) is 3.83. The van der Waals surface area contributed by atoms with Crippen LogP contribution in [0.3, 0.4) is 0 Å². The molecular formula is C13H22N2O3S. The number of nitrogens with one attached hydrogen (secondary N) is 1. The molecule has 2 N–H and O–H groups in total. The van der Waals surface area contributed by atoms with Crippen LogP contribution in [-0.4, -0.2) is 45.2 Å². The number of nitrogens with zero attached hydrogens (tertiary/aromatic N) is 1. The number of urea groups is 1. The summed E-state index contributed by atoms with van der Waals surface area (Å²) >= 11 is 1.58. The van der Waals surface area contributed by atoms with Crippen molar-refractivity contribution in [1.29, 1.82) is 0 Å². The van der Waals surface area contributed by atoms with Gasteiger partial charge in [0.2, 0.25) is 0 Å². The number of rotatable bonds is 4. The van der Waals surface area contributed by atoms with Crippen molar-refractivity contribution in [3.05, 3.63) is 0 Å². The zero-order valence-corrected chi connectivity index (χ0v) is 12.1. The Balaban J connectivity index is 2.01. The van der Waals surface area contributed by atoms with E-state index >= 15 is 0 Å². The fourth-order valence-electron chi connectivity index (χ4n) is 2.81. The lowest BCUT2D eigenvalue weighted by molar-refractivity contribution is -0.141. The van der Waals surface area contributed by atoms with Crippen molar-refractivity contribution in [3.8, 4) is 0 Å². The van der Waals surface area contributed by atoms with Gasteiger partial charge in [0.15, 0.2) is 0 Å². The largest absolute Gasteiger partial charge is 0.480 e. The number of hydrogen-bond acceptors (Lipinski definition) is 3. The highest BCUT2D eigenvalue weighted by atomic mass is 32.2. The summed E-state index contributed by atoms with van der Waals surface area (Å²) in [4.78, 5) is 25.2. The van der Waals surface area contributed by atoms with E-state index in [1.54, 1.807) is 16.7 Å². The number of carboxylic acid groups (broad SMARTS) is 1. The normalized spacial score (nSPS) is 27.7. The summed E-state index contributed by atoms with van der Waals surface area (Å²) in [7, 11) is 0. The van der Waals surface area contributed by atoms with Gasteiger partial charge < -0.3 is 10.4 Å². The van der Waals surface area contributed by atoms with E-state index < -0.39 is 12.0 Å². The van der Waals surface area contributed by atoms with Crippen LogP contribution in [-0.2, 0) is 4.79 Å². The van der Waals surface area contributed by atoms with Crippen molar-refractivity contribution in [1.82, 2.24) is 10.2 Å². The molecule has 0 radical (unpaired) electrons. The van der Waals surface area contributed by atoms with Crippen LogP contribution in [0.1, 0.15) is 45.4 Å². The van der Waals surface area contributed by atoms with E-state index in [9.17, 15) is 14.7 Å². The van der Waals surface area contributed by atoms with Crippen LogP contribution in [0, 0.1) is 0 Å². The molecule has 0 aromatic heterocycles. The molecule has 5 nitrogen and oxygen atoms in total. The number of thioether (sulfide) groups is 1. The third-order valence-corrected chi connectivity index (χ3v) is 5.19. The maximum absolute atomic E-state index is 12.3. The molecule has 2 unspecified atom stereocenters. The molecule has 2 fully saturated rings. The number of carbonyl (C=O) groups excluding carboxylic acids is 1. The quantitative estimate of drug-likeness (QED) is 0.831. The summed E-state index contributed by atoms with van der Waals surface area (Å²) in [6.45, 7) is 2.06. The first-order chi connectivity index (χ1) is 9.13. The zero-order valence-electron chi connectivity index (χ0n) is 11.3. The lowest BCUT2D eigenvalue weighted by Crippen LogP contribution is -2.52. The lowest BCUT2D eigenvalue weighted by atomic mass is 10.2. The molecule has 1 aliphatic carbocycles. The SMILES string of the molecule is CCCC1SCC(C(=O)O)N1C(=O)NC1CCCC1. The molecule has 1 saturated heterocycles. The van der Waals surface area contributed by atoms with E-state index in [2.05, 4.69) is 12.2 Å². The average Bonchev–Trinajstić information content (AvgIpc) is 2.98. The fourth-order valence-corrected chi connectivity index (χ4v) is 4.33. The Morgan fingerprint density at radius 2 is 2.05 bits per heavy atom. The van der Waals surface area contributed by atoms with Gasteiger partial charge in [-0.25, -0.2) is 9.59 Å². The van der Waals surface area contributed by atoms with Gasteiger partial charge in [-0.05, 0) is 19.3 Å². The van der Waals surface area contributed by atoms with Gasteiger partial charge in [-0.3, -0.25) is 4.90 Å². The van der Waals surface area contributed by atoms with Crippen molar-refractivity contribution in [3.63, 3.8) is 0 Å². The van der Waals surface area contributed by atoms with Crippen LogP contribution < -0.4 is 5.32 Å². The first kappa shape index (κ1) is 14.5. The fraction of sp³-hybridized carbons (Fsp3) is 0.846. The maximum atomic E-state index is 12.3. The second kappa shape index (κ2) is 6.50. The number of hydrogen-bond donors (Lipinski definition) is 2. The van der Waals surface area contributed by atoms with E-state index in [4.69, 9.17) is 0 Å². The molecule has 0 aromatic carbocycles. The van der Waals surface area contributed by atoms with Crippen LogP contribution in [0.5, 0.6) is 0 Å². The molecular weight excluding hydrogens is 264 g/mol. The summed E-state index contributed by atoms with van der Waals surface area (Å²) in [5, 5.41) is 12.3. The monoisotopic (exact) mass is 286 g/mol. The molecule has 1 aliphatic heterocycles. The Kier molecular flexibility index (Phi) is 4.96. The van der Waals surface area contributed by atoms with E-state index in [-0.39, 0.29) is 17.4 Å². The highest BCUT2D eigenvalue weighted by molar-refractivity contribution is 8.00. The molecule has 2 rings (SSSR count). The summed E-state index contributed by atoms with van der Waals surface area (Å²) in [5.41, 5.74) is 0. The summed E-state index contributed by atoms with van der Waals surface area (Å²) in [6.07, 6.45) is 6.15. The molecule has 6 heteroatoms. The van der Waals surface area contributed by atoms with E-state index in [1.165, 1.54) is 0 Å². The van der Waals surface area contributed by atoms with Crippen molar-refractivity contribution >= 4 is 23.8 Å². The van der Waals surface area contributed by atoms with Crippen molar-refractivity contribution in [2.75, 3.05) is 5.75 Å². The molecule has 19 heavy (non-hydrogen) atoms. The lowest BCUT2D eigenvalue weighted by Gasteiger charge is -2.28. The van der Waals surface area contributed by atoms with E-state index in [0.29, 0.717) is 5.75 Å². The number of carboxylic acids is 1. The molecule has 2 aliphatic rings. The molecule has 0 aromatic rings. The Morgan fingerprint density at radius 3 is 2.63 bits per heavy atom. The molecule has 1 heterocycles. The van der Waals surface area contributed by atoms with Gasteiger partial charge in [-0.15, -0.1) is 11.8 Å². The second-order valence-corrected chi connectivity index (χ2v) is 6.48. The minimum atomic E-state index is -0.896. The van der Waals surface area contributed by atoms with Crippen LogP contribution in [0.4, 0.5) is 4.79 Å². The topological polar surface area (TPSA) is 69.6 Å². The predicted octanol–water partition coefficient (Wildman–Crippen LogP) is 2.27. The molecule has 0 spiro atoms. The van der Waals surface area contributed by atoms with Gasteiger partial charge in [0, 0.05) is 11.8 Å². The van der Waals surface area contributed by atoms with Gasteiger partial charge >= 0.3 is 12.0 Å². The molecule has 108 valence electrons. The van der Waals surface area contributed by atoms with Crippen LogP contribution in [0.25, 0.3) is 0 Å². The summed E-state index contributed by atoms with van der Waals surface area (Å²) < 4.78 is 0. The molecule has 0 bridgehead atoms. The minimum Gasteiger partial charge on any atom is -0.480 e. The Bertz CT molecular complexity index is 345. The van der Waals surface area contributed by atoms with Crippen molar-refractivity contribution < 1.29 is 14.7 Å². The molecule has 2 atom stereocenters. The Hall–Kier alpha value is -0.910. The standard InChI is InChI=1S/C13H22N2O3S/c1-2-5-11-15(10(8-19-11)12(16)17)13(18)14-9-6-3-4-7-9/h9-11H,2-8H2,1H3,(H,14,18)(H,16,17). The van der Waals surface area contributed by atoms with E-state index in [0.717, 1.165) is 38.5 Å². The predicted molar refractivity (Wildman–Crippen MR) is 75.2 cm³/mol. The average molecular weight is 286 g/mol. The Labute approximate surface area is 118 Å². The number of amides is 2. The Morgan fingerprint density at radius 1 is 1.37 bits per heavy atom. The first-order valence-corrected chi connectivity index (χ1v) is 8.11. The van der Waals surface area contributed by atoms with Crippen LogP contribution in [0.15, 0.2) is 0 Å². The third kappa shape index (κ3) is 3.35. The smallest absolute Gasteiger partial charge is 0.327 e. The molecule has 2 amide bonds. The van der Waals surface area contributed by atoms with E-state index in [1.807, 2.05) is 0 Å². The molecule has 1 saturated carbocycles. The zero-order chi connectivity index (χ0) is 13.8. The first-order valence-electron chi connectivity index (χ1n) is 7.06. The highest BCUT2D eigenvalue weighted by Gasteiger charge is 2.41. The highest BCUT2D eigenvalue weighted by Crippen LogP contribution is 2.32. The van der Waals surface area contributed by atoms with Gasteiger partial charge in [0.1, 0.15) is 6.04 Å². The summed E-state index contributed by atoms with van der Waals surface area (Å²) in [5.74, 6) is -0.398. The second-order valence-electron chi connectivity index (χ2n) is 5.27.